The molecule has 3 rings (SSSR count). The van der Waals surface area contributed by atoms with Gasteiger partial charge in [0.2, 0.25) is 11.8 Å². The number of hydrogen-bond donors (Lipinski definition) is 4. The summed E-state index contributed by atoms with van der Waals surface area (Å²) < 4.78 is 0. The average Bonchev–Trinajstić information content (AvgIpc) is 3.36. The Balaban J connectivity index is 1.59. The summed E-state index contributed by atoms with van der Waals surface area (Å²) >= 11 is 1.52. The van der Waals surface area contributed by atoms with Gasteiger partial charge >= 0.3 is 0 Å². The maximum absolute atomic E-state index is 12.8. The maximum Gasteiger partial charge on any atom is 0.253 e. The molecule has 1 aliphatic rings. The van der Waals surface area contributed by atoms with Crippen molar-refractivity contribution >= 4 is 46.1 Å². The van der Waals surface area contributed by atoms with Crippen LogP contribution in [0.2, 0.25) is 0 Å². The molecule has 3 amide bonds. The van der Waals surface area contributed by atoms with Crippen molar-refractivity contribution in [2.75, 3.05) is 52.1 Å². The van der Waals surface area contributed by atoms with Crippen LogP contribution < -0.4 is 16.0 Å². The minimum atomic E-state index is -0.269. The van der Waals surface area contributed by atoms with Crippen molar-refractivity contribution < 1.29 is 14.4 Å². The van der Waals surface area contributed by atoms with E-state index >= 15 is 0 Å². The highest BCUT2D eigenvalue weighted by Crippen LogP contribution is 2.34. The van der Waals surface area contributed by atoms with E-state index in [0.717, 1.165) is 23.1 Å². The predicted molar refractivity (Wildman–Crippen MR) is 138 cm³/mol. The Morgan fingerprint density at radius 1 is 1.29 bits per heavy atom. The molecular weight excluding hydrogens is 452 g/mol. The molecule has 0 spiro atoms. The van der Waals surface area contributed by atoms with Gasteiger partial charge in [-0.15, -0.1) is 18.3 Å². The first kappa shape index (κ1) is 25.6. The van der Waals surface area contributed by atoms with E-state index in [1.165, 1.54) is 11.8 Å². The number of H-pyrrole nitrogens is 1. The van der Waals surface area contributed by atoms with Crippen molar-refractivity contribution in [2.45, 2.75) is 24.0 Å². The van der Waals surface area contributed by atoms with Crippen LogP contribution in [0.15, 0.2) is 37.1 Å². The van der Waals surface area contributed by atoms with Crippen molar-refractivity contribution in [1.29, 1.82) is 0 Å². The average molecular weight is 487 g/mol. The first-order chi connectivity index (χ1) is 16.3. The lowest BCUT2D eigenvalue weighted by Crippen LogP contribution is -2.38. The predicted octanol–water partition coefficient (Wildman–Crippen LogP) is 1.85. The highest BCUT2D eigenvalue weighted by Gasteiger charge is 2.39. The number of carbonyl (C=O) groups excluding carboxylic acids is 3. The summed E-state index contributed by atoms with van der Waals surface area (Å²) in [5, 5.41) is 9.46. The number of fused-ring (bicyclic) bond motifs is 1. The van der Waals surface area contributed by atoms with Gasteiger partial charge < -0.3 is 30.7 Å². The zero-order valence-corrected chi connectivity index (χ0v) is 20.8. The third-order valence-corrected chi connectivity index (χ3v) is 7.07. The van der Waals surface area contributed by atoms with Crippen molar-refractivity contribution in [3.8, 4) is 0 Å². The van der Waals surface area contributed by atoms with Crippen molar-refractivity contribution in [1.82, 2.24) is 25.4 Å². The van der Waals surface area contributed by atoms with E-state index in [2.05, 4.69) is 27.5 Å². The molecule has 10 heteroatoms. The van der Waals surface area contributed by atoms with Crippen LogP contribution in [0.1, 0.15) is 23.7 Å². The van der Waals surface area contributed by atoms with Crippen molar-refractivity contribution in [3.05, 3.63) is 42.6 Å². The smallest absolute Gasteiger partial charge is 0.253 e. The highest BCUT2D eigenvalue weighted by atomic mass is 32.2. The molecule has 2 aromatic rings. The Kier molecular flexibility index (Phi) is 9.00. The van der Waals surface area contributed by atoms with Gasteiger partial charge in [-0.25, -0.2) is 0 Å². The van der Waals surface area contributed by atoms with Crippen LogP contribution in [-0.2, 0) is 9.59 Å². The van der Waals surface area contributed by atoms with Crippen molar-refractivity contribution in [2.24, 2.45) is 0 Å². The van der Waals surface area contributed by atoms with Gasteiger partial charge in [0.25, 0.3) is 5.91 Å². The number of thioether (sulfide) groups is 1. The van der Waals surface area contributed by atoms with Gasteiger partial charge in [-0.3, -0.25) is 14.4 Å². The van der Waals surface area contributed by atoms with E-state index in [1.54, 1.807) is 17.2 Å². The van der Waals surface area contributed by atoms with Gasteiger partial charge in [0.1, 0.15) is 5.25 Å². The lowest BCUT2D eigenvalue weighted by molar-refractivity contribution is -0.130. The number of aromatic amines is 1. The molecule has 0 bridgehead atoms. The maximum atomic E-state index is 12.8. The number of likely N-dealkylation sites (N-methyl/N-ethyl adjacent to an activating group) is 1. The molecule has 9 nitrogen and oxygen atoms in total. The quantitative estimate of drug-likeness (QED) is 0.341. The Morgan fingerprint density at radius 3 is 2.79 bits per heavy atom. The first-order valence-corrected chi connectivity index (χ1v) is 12.4. The molecule has 4 N–H and O–H groups in total. The Morgan fingerprint density at radius 2 is 2.09 bits per heavy atom. The Hall–Kier alpha value is -2.98. The fraction of sp³-hybridized carbons (Fsp3) is 0.458. The number of hydrogen-bond acceptors (Lipinski definition) is 6. The minimum Gasteiger partial charge on any atom is -0.383 e. The van der Waals surface area contributed by atoms with E-state index in [-0.39, 0.29) is 34.8 Å². The second kappa shape index (κ2) is 11.9. The zero-order chi connectivity index (χ0) is 24.7. The number of aromatic nitrogens is 1. The largest absolute Gasteiger partial charge is 0.383 e. The monoisotopic (exact) mass is 486 g/mol. The summed E-state index contributed by atoms with van der Waals surface area (Å²) in [6.45, 7) is 8.32. The van der Waals surface area contributed by atoms with E-state index in [1.807, 2.05) is 44.1 Å². The Bertz CT molecular complexity index is 1040. The fourth-order valence-electron chi connectivity index (χ4n) is 3.84. The third kappa shape index (κ3) is 6.32. The molecule has 1 fully saturated rings. The number of carbonyl (C=O) groups is 3. The molecule has 2 heterocycles. The summed E-state index contributed by atoms with van der Waals surface area (Å²) in [6, 6.07) is 5.76. The van der Waals surface area contributed by atoms with E-state index in [0.29, 0.717) is 31.7 Å². The molecule has 0 radical (unpaired) electrons. The molecule has 0 saturated carbocycles. The van der Waals surface area contributed by atoms with Crippen LogP contribution in [-0.4, -0.2) is 89.9 Å². The van der Waals surface area contributed by atoms with Crippen LogP contribution in [0.3, 0.4) is 0 Å². The summed E-state index contributed by atoms with van der Waals surface area (Å²) in [6.07, 6.45) is 3.62. The SMILES string of the molecule is C=CCNC(=O)CC1SC(CNc2ccc3c(C(=O)NCCN(C)C)c[nH]c3c2)C(=O)N1CC. The topological polar surface area (TPSA) is 110 Å². The lowest BCUT2D eigenvalue weighted by Gasteiger charge is -2.21. The number of nitrogens with one attached hydrogen (secondary N) is 4. The van der Waals surface area contributed by atoms with Gasteiger partial charge in [-0.2, -0.15) is 0 Å². The second-order valence-corrected chi connectivity index (χ2v) is 9.79. The third-order valence-electron chi connectivity index (χ3n) is 5.63. The van der Waals surface area contributed by atoms with Crippen LogP contribution in [0.4, 0.5) is 5.69 Å². The molecule has 1 saturated heterocycles. The van der Waals surface area contributed by atoms with Gasteiger partial charge in [-0.05, 0) is 39.2 Å². The molecule has 2 atom stereocenters. The number of nitrogens with zero attached hydrogens (tertiary/aromatic N) is 2. The second-order valence-electron chi connectivity index (χ2n) is 8.40. The molecular formula is C24H34N6O3S. The highest BCUT2D eigenvalue weighted by molar-refractivity contribution is 8.01. The zero-order valence-electron chi connectivity index (χ0n) is 20.0. The molecule has 1 aromatic carbocycles. The molecule has 184 valence electrons. The van der Waals surface area contributed by atoms with Crippen molar-refractivity contribution in [3.63, 3.8) is 0 Å². The first-order valence-electron chi connectivity index (χ1n) is 11.5. The van der Waals surface area contributed by atoms with Gasteiger partial charge in [-0.1, -0.05) is 6.08 Å². The van der Waals surface area contributed by atoms with Crippen LogP contribution >= 0.6 is 11.8 Å². The Labute approximate surface area is 204 Å². The summed E-state index contributed by atoms with van der Waals surface area (Å²) in [5.74, 6) is -0.153. The van der Waals surface area contributed by atoms with Gasteiger partial charge in [0, 0.05) is 55.5 Å². The van der Waals surface area contributed by atoms with E-state index in [9.17, 15) is 14.4 Å². The number of anilines is 1. The molecule has 1 aliphatic heterocycles. The standard InChI is InChI=1S/C24H34N6O3S/c1-5-9-25-21(31)13-22-30(6-2)24(33)20(34-22)15-27-16-7-8-17-18(14-28-19(17)12-16)23(32)26-10-11-29(3)4/h5,7-8,12,14,20,22,27-28H,1,6,9-11,13,15H2,2-4H3,(H,25,31)(H,26,32). The van der Waals surface area contributed by atoms with Crippen LogP contribution in [0.5, 0.6) is 0 Å². The summed E-state index contributed by atoms with van der Waals surface area (Å²) in [7, 11) is 3.93. The molecule has 34 heavy (non-hydrogen) atoms. The minimum absolute atomic E-state index is 0.0409. The number of benzene rings is 1. The fourth-order valence-corrected chi connectivity index (χ4v) is 5.30. The van der Waals surface area contributed by atoms with Crippen LogP contribution in [0, 0.1) is 0 Å². The van der Waals surface area contributed by atoms with Gasteiger partial charge in [0.15, 0.2) is 0 Å². The number of amides is 3. The molecule has 0 aliphatic carbocycles. The van der Waals surface area contributed by atoms with E-state index in [4.69, 9.17) is 0 Å². The van der Waals surface area contributed by atoms with E-state index < -0.39 is 0 Å². The van der Waals surface area contributed by atoms with Crippen LogP contribution in [0.25, 0.3) is 10.9 Å². The molecule has 1 aromatic heterocycles. The van der Waals surface area contributed by atoms with Gasteiger partial charge in [0.05, 0.1) is 17.4 Å². The normalized spacial score (nSPS) is 17.9. The lowest BCUT2D eigenvalue weighted by atomic mass is 10.1. The number of rotatable bonds is 12. The molecule has 2 unspecified atom stereocenters. The summed E-state index contributed by atoms with van der Waals surface area (Å²) in [5.41, 5.74) is 2.32. The summed E-state index contributed by atoms with van der Waals surface area (Å²) in [4.78, 5) is 44.4.